The van der Waals surface area contributed by atoms with Gasteiger partial charge in [-0.2, -0.15) is 0 Å². The summed E-state index contributed by atoms with van der Waals surface area (Å²) in [5, 5.41) is 5.55. The van der Waals surface area contributed by atoms with Gasteiger partial charge < -0.3 is 9.88 Å². The lowest BCUT2D eigenvalue weighted by Crippen LogP contribution is -2.21. The van der Waals surface area contributed by atoms with Gasteiger partial charge in [0.25, 0.3) is 0 Å². The van der Waals surface area contributed by atoms with E-state index in [1.165, 1.54) is 14.9 Å². The highest BCUT2D eigenvalue weighted by Crippen LogP contribution is 2.20. The molecule has 92 valence electrons. The monoisotopic (exact) mass is 312 g/mol. The van der Waals surface area contributed by atoms with Crippen LogP contribution in [-0.2, 0) is 13.1 Å². The molecule has 2 nitrogen and oxygen atoms in total. The maximum Gasteiger partial charge on any atom is 0.0564 e. The summed E-state index contributed by atoms with van der Waals surface area (Å²) in [6.45, 7) is 6.23. The van der Waals surface area contributed by atoms with Crippen LogP contribution in [-0.4, -0.2) is 10.6 Å². The summed E-state index contributed by atoms with van der Waals surface area (Å²) in [5.41, 5.74) is 1.34. The van der Waals surface area contributed by atoms with Gasteiger partial charge in [-0.05, 0) is 33.6 Å². The molecule has 1 N–H and O–H groups in total. The molecular weight excluding hydrogens is 296 g/mol. The number of nitrogens with one attached hydrogen (secondary N) is 1. The van der Waals surface area contributed by atoms with Gasteiger partial charge in [-0.3, -0.25) is 0 Å². The lowest BCUT2D eigenvalue weighted by atomic mass is 10.3. The summed E-state index contributed by atoms with van der Waals surface area (Å²) in [5.74, 6) is 0. The molecule has 0 fully saturated rings. The third-order valence-electron chi connectivity index (χ3n) is 2.49. The van der Waals surface area contributed by atoms with E-state index >= 15 is 0 Å². The van der Waals surface area contributed by atoms with Gasteiger partial charge in [0.15, 0.2) is 0 Å². The van der Waals surface area contributed by atoms with E-state index in [4.69, 9.17) is 0 Å². The van der Waals surface area contributed by atoms with Gasteiger partial charge in [-0.25, -0.2) is 0 Å². The molecule has 2 heterocycles. The second-order valence-corrected chi connectivity index (χ2v) is 6.37. The average molecular weight is 313 g/mol. The van der Waals surface area contributed by atoms with E-state index in [1.54, 1.807) is 11.3 Å². The van der Waals surface area contributed by atoms with Crippen molar-refractivity contribution in [3.8, 4) is 0 Å². The fraction of sp³-hybridized carbons (Fsp3) is 0.385. The molecule has 0 aromatic carbocycles. The van der Waals surface area contributed by atoms with E-state index in [2.05, 4.69) is 69.6 Å². The van der Waals surface area contributed by atoms with Gasteiger partial charge in [0.1, 0.15) is 0 Å². The van der Waals surface area contributed by atoms with Gasteiger partial charge >= 0.3 is 0 Å². The summed E-state index contributed by atoms with van der Waals surface area (Å²) in [6.07, 6.45) is 4.36. The van der Waals surface area contributed by atoms with E-state index in [9.17, 15) is 0 Å². The Labute approximate surface area is 115 Å². The number of aromatic nitrogens is 1. The Hall–Kier alpha value is -0.580. The number of hydrogen-bond acceptors (Lipinski definition) is 2. The molecule has 0 saturated heterocycles. The highest BCUT2D eigenvalue weighted by molar-refractivity contribution is 9.10. The van der Waals surface area contributed by atoms with E-state index in [0.717, 1.165) is 13.1 Å². The predicted molar refractivity (Wildman–Crippen MR) is 77.5 cm³/mol. The molecular formula is C13H17BrN2S. The zero-order chi connectivity index (χ0) is 12.3. The summed E-state index contributed by atoms with van der Waals surface area (Å²) in [7, 11) is 0. The first-order valence-electron chi connectivity index (χ1n) is 5.74. The third-order valence-corrected chi connectivity index (χ3v) is 4.17. The molecule has 4 heteroatoms. The quantitative estimate of drug-likeness (QED) is 0.887. The van der Waals surface area contributed by atoms with Gasteiger partial charge in [0.2, 0.25) is 0 Å². The fourth-order valence-electron chi connectivity index (χ4n) is 1.63. The smallest absolute Gasteiger partial charge is 0.0564 e. The number of nitrogens with zero attached hydrogens (tertiary/aromatic N) is 1. The molecule has 0 spiro atoms. The Morgan fingerprint density at radius 1 is 1.47 bits per heavy atom. The van der Waals surface area contributed by atoms with Crippen LogP contribution in [0.3, 0.4) is 0 Å². The van der Waals surface area contributed by atoms with Crippen LogP contribution in [0.25, 0.3) is 0 Å². The Balaban J connectivity index is 1.94. The maximum atomic E-state index is 3.48. The zero-order valence-electron chi connectivity index (χ0n) is 10.1. The minimum atomic E-state index is 0.534. The van der Waals surface area contributed by atoms with Crippen LogP contribution in [0, 0.1) is 0 Å². The van der Waals surface area contributed by atoms with Crippen molar-refractivity contribution in [2.24, 2.45) is 0 Å². The Kier molecular flexibility index (Phi) is 4.42. The molecule has 17 heavy (non-hydrogen) atoms. The number of hydrogen-bond donors (Lipinski definition) is 1. The second kappa shape index (κ2) is 5.85. The van der Waals surface area contributed by atoms with Crippen LogP contribution in [0.2, 0.25) is 0 Å². The van der Waals surface area contributed by atoms with Crippen molar-refractivity contribution in [2.45, 2.75) is 33.0 Å². The van der Waals surface area contributed by atoms with Crippen LogP contribution >= 0.6 is 27.3 Å². The van der Waals surface area contributed by atoms with Crippen LogP contribution in [0.1, 0.15) is 24.3 Å². The van der Waals surface area contributed by atoms with Crippen molar-refractivity contribution >= 4 is 27.3 Å². The molecule has 0 bridgehead atoms. The normalized spacial score (nSPS) is 11.3. The van der Waals surface area contributed by atoms with Crippen LogP contribution in [0.4, 0.5) is 0 Å². The molecule has 2 aromatic rings. The second-order valence-electron chi connectivity index (χ2n) is 4.46. The molecule has 0 radical (unpaired) electrons. The van der Waals surface area contributed by atoms with E-state index in [-0.39, 0.29) is 0 Å². The maximum absolute atomic E-state index is 3.48. The Morgan fingerprint density at radius 2 is 2.29 bits per heavy atom. The molecule has 2 aromatic heterocycles. The summed E-state index contributed by atoms with van der Waals surface area (Å²) < 4.78 is 3.40. The van der Waals surface area contributed by atoms with E-state index in [0.29, 0.717) is 6.04 Å². The molecule has 0 aliphatic carbocycles. The minimum absolute atomic E-state index is 0.534. The Bertz CT molecular complexity index is 473. The summed E-state index contributed by atoms with van der Waals surface area (Å²) >= 11 is 5.27. The Morgan fingerprint density at radius 3 is 2.94 bits per heavy atom. The standard InChI is InChI=1S/C13H17BrN2S/c1-10(2)15-6-11-3-4-16(7-11)8-13-5-12(14)9-17-13/h3-5,7,9-10,15H,6,8H2,1-2H3. The van der Waals surface area contributed by atoms with Gasteiger partial charge in [-0.15, -0.1) is 11.3 Å². The number of thiophene rings is 1. The van der Waals surface area contributed by atoms with Crippen molar-refractivity contribution in [1.29, 1.82) is 0 Å². The first-order valence-corrected chi connectivity index (χ1v) is 7.41. The zero-order valence-corrected chi connectivity index (χ0v) is 12.5. The van der Waals surface area contributed by atoms with Crippen molar-refractivity contribution in [3.63, 3.8) is 0 Å². The number of halogens is 1. The molecule has 0 aliphatic rings. The lowest BCUT2D eigenvalue weighted by Gasteiger charge is -2.05. The first-order chi connectivity index (χ1) is 8.13. The van der Waals surface area contributed by atoms with Gasteiger partial charge in [0.05, 0.1) is 6.54 Å². The van der Waals surface area contributed by atoms with Crippen molar-refractivity contribution in [1.82, 2.24) is 9.88 Å². The van der Waals surface area contributed by atoms with Crippen molar-refractivity contribution in [2.75, 3.05) is 0 Å². The molecule has 0 unspecified atom stereocenters. The summed E-state index contributed by atoms with van der Waals surface area (Å²) in [6, 6.07) is 4.89. The molecule has 0 saturated carbocycles. The SMILES string of the molecule is CC(C)NCc1ccn(Cc2cc(Br)cs2)c1. The first kappa shape index (κ1) is 12.9. The molecule has 0 amide bonds. The van der Waals surface area contributed by atoms with Crippen molar-refractivity contribution in [3.05, 3.63) is 44.8 Å². The van der Waals surface area contributed by atoms with Crippen LogP contribution in [0.5, 0.6) is 0 Å². The fourth-order valence-corrected chi connectivity index (χ4v) is 3.09. The average Bonchev–Trinajstić information content (AvgIpc) is 2.86. The molecule has 0 atom stereocenters. The largest absolute Gasteiger partial charge is 0.349 e. The van der Waals surface area contributed by atoms with E-state index < -0.39 is 0 Å². The van der Waals surface area contributed by atoms with Gasteiger partial charge in [-0.1, -0.05) is 13.8 Å². The summed E-state index contributed by atoms with van der Waals surface area (Å²) in [4.78, 5) is 1.37. The highest BCUT2D eigenvalue weighted by Gasteiger charge is 2.01. The van der Waals surface area contributed by atoms with Gasteiger partial charge in [0, 0.05) is 39.7 Å². The topological polar surface area (TPSA) is 17.0 Å². The van der Waals surface area contributed by atoms with E-state index in [1.807, 2.05) is 0 Å². The van der Waals surface area contributed by atoms with Crippen molar-refractivity contribution < 1.29 is 0 Å². The minimum Gasteiger partial charge on any atom is -0.349 e. The predicted octanol–water partition coefficient (Wildman–Crippen LogP) is 3.86. The van der Waals surface area contributed by atoms with Crippen LogP contribution in [0.15, 0.2) is 34.4 Å². The number of rotatable bonds is 5. The molecule has 2 rings (SSSR count). The molecule has 0 aliphatic heterocycles. The third kappa shape index (κ3) is 3.98. The highest BCUT2D eigenvalue weighted by atomic mass is 79.9. The van der Waals surface area contributed by atoms with Crippen LogP contribution < -0.4 is 5.32 Å². The lowest BCUT2D eigenvalue weighted by molar-refractivity contribution is 0.588.